The molecule has 5 rings (SSSR count). The minimum Gasteiger partial charge on any atom is -0.410 e. The highest BCUT2D eigenvalue weighted by molar-refractivity contribution is 6.30. The molecule has 2 aromatic carbocycles. The van der Waals surface area contributed by atoms with Gasteiger partial charge >= 0.3 is 6.09 Å². The molecule has 2 aliphatic heterocycles. The molecule has 3 amide bonds. The second-order valence-corrected chi connectivity index (χ2v) is 11.6. The van der Waals surface area contributed by atoms with E-state index in [1.165, 1.54) is 24.3 Å². The van der Waals surface area contributed by atoms with Crippen molar-refractivity contribution in [3.63, 3.8) is 0 Å². The van der Waals surface area contributed by atoms with E-state index in [2.05, 4.69) is 0 Å². The third-order valence-corrected chi connectivity index (χ3v) is 9.08. The molecule has 2 aromatic rings. The summed E-state index contributed by atoms with van der Waals surface area (Å²) in [5.41, 5.74) is 0.984. The lowest BCUT2D eigenvalue weighted by molar-refractivity contribution is -0.147. The maximum absolute atomic E-state index is 13.8. The van der Waals surface area contributed by atoms with Crippen molar-refractivity contribution >= 4 is 29.5 Å². The van der Waals surface area contributed by atoms with Crippen molar-refractivity contribution in [2.24, 2.45) is 11.8 Å². The Hall–Kier alpha value is -3.17. The number of nitrogens with zero attached hydrogens (tertiary/aromatic N) is 3. The van der Waals surface area contributed by atoms with Crippen LogP contribution >= 0.6 is 11.6 Å². The van der Waals surface area contributed by atoms with Crippen molar-refractivity contribution in [1.29, 1.82) is 0 Å². The molecule has 0 radical (unpaired) electrons. The number of carbonyl (C=O) groups excluding carboxylic acids is 3. The Labute approximate surface area is 245 Å². The van der Waals surface area contributed by atoms with Crippen molar-refractivity contribution in [3.8, 4) is 5.75 Å². The van der Waals surface area contributed by atoms with Crippen molar-refractivity contribution in [2.45, 2.75) is 50.7 Å². The second kappa shape index (κ2) is 12.8. The normalized spacial score (nSPS) is 24.6. The highest BCUT2D eigenvalue weighted by Gasteiger charge is 2.44. The summed E-state index contributed by atoms with van der Waals surface area (Å²) >= 11 is 6.15. The van der Waals surface area contributed by atoms with Crippen LogP contribution in [0.15, 0.2) is 48.5 Å². The van der Waals surface area contributed by atoms with Crippen LogP contribution in [0.25, 0.3) is 0 Å². The number of rotatable bonds is 7. The van der Waals surface area contributed by atoms with E-state index in [0.717, 1.165) is 18.4 Å². The molecule has 0 spiro atoms. The molecule has 1 saturated carbocycles. The molecular weight excluding hydrogens is 549 g/mol. The molecule has 0 bridgehead atoms. The van der Waals surface area contributed by atoms with Crippen molar-refractivity contribution in [2.75, 3.05) is 39.8 Å². The molecule has 0 aromatic heterocycles. The number of likely N-dealkylation sites (N-methyl/N-ethyl adjacent to an activating group) is 1. The van der Waals surface area contributed by atoms with E-state index < -0.39 is 11.9 Å². The van der Waals surface area contributed by atoms with Gasteiger partial charge in [-0.3, -0.25) is 9.59 Å². The molecule has 220 valence electrons. The number of carbonyl (C=O) groups is 3. The zero-order valence-electron chi connectivity index (χ0n) is 23.5. The van der Waals surface area contributed by atoms with Gasteiger partial charge in [0.2, 0.25) is 11.8 Å². The summed E-state index contributed by atoms with van der Waals surface area (Å²) in [5.74, 6) is -0.200. The fraction of sp³-hybridized carbons (Fsp3) is 0.516. The fourth-order valence-electron chi connectivity index (χ4n) is 6.30. The molecule has 0 N–H and O–H groups in total. The lowest BCUT2D eigenvalue weighted by atomic mass is 9.80. The summed E-state index contributed by atoms with van der Waals surface area (Å²) in [6.45, 7) is 4.24. The van der Waals surface area contributed by atoms with Crippen LogP contribution in [0.2, 0.25) is 5.02 Å². The Morgan fingerprint density at radius 3 is 2.17 bits per heavy atom. The first-order valence-corrected chi connectivity index (χ1v) is 14.7. The highest BCUT2D eigenvalue weighted by Crippen LogP contribution is 2.36. The molecule has 2 saturated heterocycles. The Morgan fingerprint density at radius 2 is 1.56 bits per heavy atom. The standard InChI is InChI=1S/C31H37ClFN3O5/c1-3-36(31(39)41-25-10-8-24(33)9-11-25)28-19-35(18-27(28)20-4-6-23(32)7-5-20)29(37)21-12-14-34(15-13-21)30(38)22-16-26(17-22)40-2/h4-11,21-22,26-28H,3,12-19H2,1-2H3/t22?,26?,27-,28+/m0/s1. The van der Waals surface area contributed by atoms with Crippen LogP contribution in [0.4, 0.5) is 9.18 Å². The second-order valence-electron chi connectivity index (χ2n) is 11.2. The maximum Gasteiger partial charge on any atom is 0.415 e. The number of piperidine rings is 1. The van der Waals surface area contributed by atoms with Gasteiger partial charge in [0.25, 0.3) is 0 Å². The maximum atomic E-state index is 13.8. The van der Waals surface area contributed by atoms with Crippen LogP contribution in [-0.2, 0) is 14.3 Å². The van der Waals surface area contributed by atoms with E-state index >= 15 is 0 Å². The summed E-state index contributed by atoms with van der Waals surface area (Å²) in [6.07, 6.45) is 2.43. The van der Waals surface area contributed by atoms with Crippen LogP contribution in [0.5, 0.6) is 5.75 Å². The molecular formula is C31H37ClFN3O5. The van der Waals surface area contributed by atoms with Crippen LogP contribution in [0.3, 0.4) is 0 Å². The molecule has 2 heterocycles. The first-order valence-electron chi connectivity index (χ1n) is 14.4. The third-order valence-electron chi connectivity index (χ3n) is 8.83. The van der Waals surface area contributed by atoms with Gasteiger partial charge in [-0.15, -0.1) is 0 Å². The molecule has 3 aliphatic rings. The third kappa shape index (κ3) is 6.51. The number of hydrogen-bond donors (Lipinski definition) is 0. The number of likely N-dealkylation sites (tertiary alicyclic amines) is 2. The number of methoxy groups -OCH3 is 1. The van der Waals surface area contributed by atoms with Crippen molar-refractivity contribution in [3.05, 3.63) is 64.9 Å². The van der Waals surface area contributed by atoms with Gasteiger partial charge in [-0.25, -0.2) is 9.18 Å². The lowest BCUT2D eigenvalue weighted by Crippen LogP contribution is -2.49. The van der Waals surface area contributed by atoms with Gasteiger partial charge in [0.15, 0.2) is 0 Å². The molecule has 2 atom stereocenters. The van der Waals surface area contributed by atoms with E-state index in [4.69, 9.17) is 21.1 Å². The summed E-state index contributed by atoms with van der Waals surface area (Å²) in [4.78, 5) is 45.3. The van der Waals surface area contributed by atoms with Crippen LogP contribution in [0.1, 0.15) is 44.1 Å². The number of benzene rings is 2. The molecule has 3 fully saturated rings. The zero-order valence-corrected chi connectivity index (χ0v) is 24.3. The summed E-state index contributed by atoms with van der Waals surface area (Å²) in [7, 11) is 1.68. The fourth-order valence-corrected chi connectivity index (χ4v) is 6.43. The number of amides is 3. The van der Waals surface area contributed by atoms with Gasteiger partial charge in [0, 0.05) is 62.6 Å². The van der Waals surface area contributed by atoms with E-state index in [9.17, 15) is 18.8 Å². The molecule has 0 unspecified atom stereocenters. The predicted octanol–water partition coefficient (Wildman–Crippen LogP) is 4.96. The SMILES string of the molecule is CCN(C(=O)Oc1ccc(F)cc1)[C@@H]1CN(C(=O)C2CCN(C(=O)C3CC(OC)C3)CC2)C[C@H]1c1ccc(Cl)cc1. The lowest BCUT2D eigenvalue weighted by Gasteiger charge is -2.39. The molecule has 8 nitrogen and oxygen atoms in total. The van der Waals surface area contributed by atoms with Crippen molar-refractivity contribution < 1.29 is 28.2 Å². The first-order chi connectivity index (χ1) is 19.8. The molecule has 10 heteroatoms. The number of hydrogen-bond acceptors (Lipinski definition) is 5. The number of halogens is 2. The molecule has 1 aliphatic carbocycles. The largest absolute Gasteiger partial charge is 0.415 e. The monoisotopic (exact) mass is 585 g/mol. The highest BCUT2D eigenvalue weighted by atomic mass is 35.5. The average Bonchev–Trinajstić information content (AvgIpc) is 3.39. The minimum absolute atomic E-state index is 0.0290. The van der Waals surface area contributed by atoms with Crippen LogP contribution in [-0.4, -0.2) is 84.6 Å². The summed E-state index contributed by atoms with van der Waals surface area (Å²) in [5, 5.41) is 0.611. The van der Waals surface area contributed by atoms with Gasteiger partial charge in [0.1, 0.15) is 11.6 Å². The van der Waals surface area contributed by atoms with E-state index in [1.54, 1.807) is 12.0 Å². The van der Waals surface area contributed by atoms with Gasteiger partial charge < -0.3 is 24.2 Å². The minimum atomic E-state index is -0.545. The Bertz CT molecular complexity index is 1230. The van der Waals surface area contributed by atoms with E-state index in [-0.39, 0.29) is 47.5 Å². The topological polar surface area (TPSA) is 79.4 Å². The smallest absolute Gasteiger partial charge is 0.410 e. The van der Waals surface area contributed by atoms with Crippen LogP contribution < -0.4 is 4.74 Å². The summed E-state index contributed by atoms with van der Waals surface area (Å²) < 4.78 is 24.3. The van der Waals surface area contributed by atoms with E-state index in [0.29, 0.717) is 50.6 Å². The Balaban J connectivity index is 1.26. The Kier molecular flexibility index (Phi) is 9.14. The van der Waals surface area contributed by atoms with Gasteiger partial charge in [-0.1, -0.05) is 23.7 Å². The van der Waals surface area contributed by atoms with Crippen molar-refractivity contribution in [1.82, 2.24) is 14.7 Å². The summed E-state index contributed by atoms with van der Waals surface area (Å²) in [6, 6.07) is 12.5. The van der Waals surface area contributed by atoms with E-state index in [1.807, 2.05) is 41.0 Å². The first kappa shape index (κ1) is 29.3. The number of ether oxygens (including phenoxy) is 2. The van der Waals surface area contributed by atoms with Gasteiger partial charge in [-0.05, 0) is 74.6 Å². The molecule has 41 heavy (non-hydrogen) atoms. The zero-order chi connectivity index (χ0) is 29.1. The Morgan fingerprint density at radius 1 is 0.927 bits per heavy atom. The van der Waals surface area contributed by atoms with Crippen LogP contribution in [0, 0.1) is 17.7 Å². The average molecular weight is 586 g/mol. The van der Waals surface area contributed by atoms with Gasteiger partial charge in [0.05, 0.1) is 12.1 Å². The van der Waals surface area contributed by atoms with Gasteiger partial charge in [-0.2, -0.15) is 0 Å². The quantitative estimate of drug-likeness (QED) is 0.459. The predicted molar refractivity (Wildman–Crippen MR) is 152 cm³/mol.